The minimum atomic E-state index is -3.45. The molecule has 0 aliphatic rings. The number of sulfonamides is 1. The van der Waals surface area contributed by atoms with Gasteiger partial charge in [-0.15, -0.1) is 0 Å². The van der Waals surface area contributed by atoms with Crippen LogP contribution in [0.2, 0.25) is 0 Å². The van der Waals surface area contributed by atoms with Gasteiger partial charge in [0.25, 0.3) is 0 Å². The maximum atomic E-state index is 11.7. The Hall–Kier alpha value is -0.200. The molecule has 0 saturated heterocycles. The van der Waals surface area contributed by atoms with Crippen LogP contribution >= 0.6 is 12.2 Å². The van der Waals surface area contributed by atoms with E-state index in [4.69, 9.17) is 5.73 Å². The molecule has 0 aromatic rings. The average molecular weight is 238 g/mol. The van der Waals surface area contributed by atoms with Crippen molar-refractivity contribution in [1.29, 1.82) is 0 Å². The molecule has 0 spiro atoms. The zero-order valence-corrected chi connectivity index (χ0v) is 10.6. The molecule has 1 atom stereocenters. The van der Waals surface area contributed by atoms with Crippen LogP contribution in [0.25, 0.3) is 0 Å². The lowest BCUT2D eigenvalue weighted by Crippen LogP contribution is -2.49. The minimum Gasteiger partial charge on any atom is -0.392 e. The lowest BCUT2D eigenvalue weighted by Gasteiger charge is -2.26. The highest BCUT2D eigenvalue weighted by Crippen LogP contribution is 2.11. The molecule has 0 saturated carbocycles. The molecular formula is C8H18N2O2S2. The van der Waals surface area contributed by atoms with Crippen LogP contribution in [0, 0.1) is 0 Å². The zero-order valence-electron chi connectivity index (χ0n) is 8.99. The van der Waals surface area contributed by atoms with Crippen molar-refractivity contribution in [3.63, 3.8) is 0 Å². The Morgan fingerprint density at radius 1 is 1.57 bits per heavy atom. The summed E-state index contributed by atoms with van der Waals surface area (Å²) in [6.45, 7) is 7.03. The third-order valence-electron chi connectivity index (χ3n) is 2.17. The van der Waals surface area contributed by atoms with Gasteiger partial charge in [-0.25, -0.2) is 13.1 Å². The fourth-order valence-corrected chi connectivity index (χ4v) is 2.48. The summed E-state index contributed by atoms with van der Waals surface area (Å²) in [5.74, 6) is 0. The molecule has 0 heterocycles. The van der Waals surface area contributed by atoms with Crippen molar-refractivity contribution in [3.05, 3.63) is 0 Å². The average Bonchev–Trinajstić information content (AvgIpc) is 2.01. The van der Waals surface area contributed by atoms with Crippen molar-refractivity contribution in [1.82, 2.24) is 4.72 Å². The summed E-state index contributed by atoms with van der Waals surface area (Å²) >= 11 is 4.65. The molecule has 0 bridgehead atoms. The first-order valence-corrected chi connectivity index (χ1v) is 6.40. The molecule has 0 amide bonds. The topological polar surface area (TPSA) is 72.2 Å². The quantitative estimate of drug-likeness (QED) is 0.694. The predicted molar refractivity (Wildman–Crippen MR) is 62.7 cm³/mol. The summed E-state index contributed by atoms with van der Waals surface area (Å²) in [5, 5.41) is -0.830. The molecule has 0 aromatic heterocycles. The van der Waals surface area contributed by atoms with Gasteiger partial charge in [0.15, 0.2) is 0 Å². The number of hydrogen-bond donors (Lipinski definition) is 2. The van der Waals surface area contributed by atoms with Gasteiger partial charge in [-0.2, -0.15) is 0 Å². The Bertz CT molecular complexity index is 309. The first-order chi connectivity index (χ1) is 6.12. The first-order valence-electron chi connectivity index (χ1n) is 4.44. The highest BCUT2D eigenvalue weighted by Gasteiger charge is 2.29. The molecule has 6 heteroatoms. The van der Waals surface area contributed by atoms with E-state index in [2.05, 4.69) is 16.9 Å². The Labute approximate surface area is 91.3 Å². The highest BCUT2D eigenvalue weighted by atomic mass is 32.2. The van der Waals surface area contributed by atoms with Crippen LogP contribution in [-0.4, -0.2) is 24.2 Å². The zero-order chi connectivity index (χ0) is 11.6. The van der Waals surface area contributed by atoms with E-state index < -0.39 is 20.8 Å². The monoisotopic (exact) mass is 238 g/mol. The van der Waals surface area contributed by atoms with Gasteiger partial charge in [0.1, 0.15) is 5.25 Å². The van der Waals surface area contributed by atoms with E-state index in [0.29, 0.717) is 6.42 Å². The Morgan fingerprint density at radius 3 is 2.29 bits per heavy atom. The molecule has 1 unspecified atom stereocenters. The van der Waals surface area contributed by atoms with E-state index in [0.717, 1.165) is 0 Å². The maximum absolute atomic E-state index is 11.7. The second kappa shape index (κ2) is 4.55. The van der Waals surface area contributed by atoms with Crippen molar-refractivity contribution in [2.45, 2.75) is 44.9 Å². The van der Waals surface area contributed by atoms with Crippen LogP contribution < -0.4 is 10.5 Å². The summed E-state index contributed by atoms with van der Waals surface area (Å²) in [7, 11) is -3.45. The van der Waals surface area contributed by atoms with E-state index in [1.54, 1.807) is 0 Å². The van der Waals surface area contributed by atoms with Gasteiger partial charge in [0.2, 0.25) is 10.0 Å². The van der Waals surface area contributed by atoms with Crippen LogP contribution in [-0.2, 0) is 10.0 Å². The fourth-order valence-electron chi connectivity index (χ4n) is 0.699. The predicted octanol–water partition coefficient (Wildman–Crippen LogP) is 0.769. The number of nitrogens with two attached hydrogens (primary N) is 1. The Morgan fingerprint density at radius 2 is 2.00 bits per heavy atom. The van der Waals surface area contributed by atoms with Crippen LogP contribution in [0.5, 0.6) is 0 Å². The summed E-state index contributed by atoms with van der Waals surface area (Å²) < 4.78 is 25.9. The van der Waals surface area contributed by atoms with Gasteiger partial charge in [0, 0.05) is 5.54 Å². The first kappa shape index (κ1) is 13.8. The summed E-state index contributed by atoms with van der Waals surface area (Å²) in [6.07, 6.45) is 0.705. The molecule has 14 heavy (non-hydrogen) atoms. The van der Waals surface area contributed by atoms with Gasteiger partial charge in [-0.05, 0) is 27.2 Å². The summed E-state index contributed by atoms with van der Waals surface area (Å²) in [5.41, 5.74) is 4.83. The van der Waals surface area contributed by atoms with Crippen LogP contribution in [0.1, 0.15) is 34.1 Å². The standard InChI is InChI=1S/C8H18N2O2S2/c1-5-8(3,4)10-14(11,12)6(2)7(9)13/h6,10H,5H2,1-4H3,(H2,9,13). The Balaban J connectivity index is 4.75. The van der Waals surface area contributed by atoms with E-state index in [1.807, 2.05) is 20.8 Å². The van der Waals surface area contributed by atoms with Gasteiger partial charge in [0.05, 0.1) is 4.99 Å². The van der Waals surface area contributed by atoms with Crippen molar-refractivity contribution < 1.29 is 8.42 Å². The molecule has 84 valence electrons. The van der Waals surface area contributed by atoms with Crippen molar-refractivity contribution in [3.8, 4) is 0 Å². The lowest BCUT2D eigenvalue weighted by atomic mass is 10.0. The molecule has 0 aliphatic carbocycles. The summed E-state index contributed by atoms with van der Waals surface area (Å²) in [4.78, 5) is -0.00981. The molecule has 0 rings (SSSR count). The van der Waals surface area contributed by atoms with Crippen LogP contribution in [0.3, 0.4) is 0 Å². The second-order valence-corrected chi connectivity index (χ2v) is 6.40. The van der Waals surface area contributed by atoms with E-state index in [-0.39, 0.29) is 4.99 Å². The third-order valence-corrected chi connectivity index (χ3v) is 4.69. The fraction of sp³-hybridized carbons (Fsp3) is 0.875. The number of hydrogen-bond acceptors (Lipinski definition) is 3. The number of thiocarbonyl (C=S) groups is 1. The lowest BCUT2D eigenvalue weighted by molar-refractivity contribution is 0.438. The highest BCUT2D eigenvalue weighted by molar-refractivity contribution is 7.93. The molecular weight excluding hydrogens is 220 g/mol. The molecule has 4 nitrogen and oxygen atoms in total. The smallest absolute Gasteiger partial charge is 0.221 e. The molecule has 0 radical (unpaired) electrons. The van der Waals surface area contributed by atoms with Gasteiger partial charge in [-0.3, -0.25) is 0 Å². The van der Waals surface area contributed by atoms with Crippen molar-refractivity contribution in [2.24, 2.45) is 5.73 Å². The SMILES string of the molecule is CCC(C)(C)NS(=O)(=O)C(C)C(N)=S. The van der Waals surface area contributed by atoms with Crippen molar-refractivity contribution in [2.75, 3.05) is 0 Å². The normalized spacial score (nSPS) is 15.1. The van der Waals surface area contributed by atoms with E-state index >= 15 is 0 Å². The number of rotatable bonds is 5. The Kier molecular flexibility index (Phi) is 4.48. The largest absolute Gasteiger partial charge is 0.392 e. The van der Waals surface area contributed by atoms with Gasteiger partial charge < -0.3 is 5.73 Å². The van der Waals surface area contributed by atoms with Crippen molar-refractivity contribution >= 4 is 27.2 Å². The second-order valence-electron chi connectivity index (χ2n) is 3.93. The van der Waals surface area contributed by atoms with Gasteiger partial charge in [-0.1, -0.05) is 19.1 Å². The van der Waals surface area contributed by atoms with Crippen LogP contribution in [0.4, 0.5) is 0 Å². The molecule has 3 N–H and O–H groups in total. The van der Waals surface area contributed by atoms with Crippen LogP contribution in [0.15, 0.2) is 0 Å². The van der Waals surface area contributed by atoms with Gasteiger partial charge >= 0.3 is 0 Å². The summed E-state index contributed by atoms with van der Waals surface area (Å²) in [6, 6.07) is 0. The maximum Gasteiger partial charge on any atom is 0.221 e. The minimum absolute atomic E-state index is 0.00981. The molecule has 0 aromatic carbocycles. The molecule has 0 aliphatic heterocycles. The van der Waals surface area contributed by atoms with E-state index in [1.165, 1.54) is 6.92 Å². The molecule has 0 fully saturated rings. The van der Waals surface area contributed by atoms with E-state index in [9.17, 15) is 8.42 Å². The third kappa shape index (κ3) is 3.89. The number of nitrogens with one attached hydrogen (secondary N) is 1.